The molecule has 61 heavy (non-hydrogen) atoms. The molecular weight excluding hydrogens is 809 g/mol. The van der Waals surface area contributed by atoms with Crippen molar-refractivity contribution in [1.82, 2.24) is 20.4 Å². The highest BCUT2D eigenvalue weighted by Gasteiger charge is 2.59. The van der Waals surface area contributed by atoms with Crippen molar-refractivity contribution in [1.29, 1.82) is 0 Å². The number of alkyl carbamates (subject to hydrolysis) is 1. The maximum Gasteiger partial charge on any atom is 0.418 e. The summed E-state index contributed by atoms with van der Waals surface area (Å²) in [6.07, 6.45) is -4.45. The maximum absolute atomic E-state index is 15.3. The summed E-state index contributed by atoms with van der Waals surface area (Å²) >= 11 is 0.499. The van der Waals surface area contributed by atoms with Crippen LogP contribution in [0.1, 0.15) is 84.7 Å². The summed E-state index contributed by atoms with van der Waals surface area (Å²) in [7, 11) is 2.23. The number of esters is 1. The minimum atomic E-state index is -2.90. The fraction of sp³-hybridized carbons (Fsp3) is 0.386. The van der Waals surface area contributed by atoms with Gasteiger partial charge in [0, 0.05) is 26.9 Å². The van der Waals surface area contributed by atoms with E-state index in [1.807, 2.05) is 0 Å². The highest BCUT2D eigenvalue weighted by atomic mass is 32.2. The molecule has 1 heterocycles. The minimum Gasteiger partial charge on any atom is -0.469 e. The first kappa shape index (κ1) is 47.3. The average Bonchev–Trinajstić information content (AvgIpc) is 3.50. The number of carbonyl (C=O) groups excluding carboxylic acids is 9. The Bertz CT molecular complexity index is 2060. The van der Waals surface area contributed by atoms with Crippen LogP contribution in [0.4, 0.5) is 9.59 Å². The van der Waals surface area contributed by atoms with Crippen molar-refractivity contribution >= 4 is 64.4 Å². The van der Waals surface area contributed by atoms with Crippen LogP contribution in [0.15, 0.2) is 84.9 Å². The number of hydrogen-bond donors (Lipinski definition) is 2. The number of amides is 6. The van der Waals surface area contributed by atoms with Crippen LogP contribution < -0.4 is 10.6 Å². The van der Waals surface area contributed by atoms with E-state index >= 15 is 9.59 Å². The van der Waals surface area contributed by atoms with Crippen molar-refractivity contribution in [2.24, 2.45) is 5.92 Å². The summed E-state index contributed by atoms with van der Waals surface area (Å²) in [5.74, 6) is -5.93. The summed E-state index contributed by atoms with van der Waals surface area (Å²) in [5.41, 5.74) is -1.38. The second-order valence-electron chi connectivity index (χ2n) is 14.5. The molecule has 1 aliphatic heterocycles. The average molecular weight is 859 g/mol. The number of likely N-dealkylation sites (N-methyl/N-ethyl adjacent to an activating group) is 1. The maximum atomic E-state index is 15.3. The van der Waals surface area contributed by atoms with Crippen molar-refractivity contribution in [2.45, 2.75) is 82.9 Å². The number of ketones is 1. The first-order valence-corrected chi connectivity index (χ1v) is 20.5. The van der Waals surface area contributed by atoms with E-state index in [2.05, 4.69) is 10.6 Å². The van der Waals surface area contributed by atoms with E-state index in [4.69, 9.17) is 14.2 Å². The first-order valence-electron chi connectivity index (χ1n) is 19.6. The molecule has 6 amide bonds. The zero-order valence-corrected chi connectivity index (χ0v) is 35.5. The molecule has 1 aliphatic rings. The number of rotatable bonds is 20. The van der Waals surface area contributed by atoms with E-state index in [9.17, 15) is 33.6 Å². The lowest BCUT2D eigenvalue weighted by Gasteiger charge is -2.42. The van der Waals surface area contributed by atoms with Crippen LogP contribution in [-0.2, 0) is 51.4 Å². The van der Waals surface area contributed by atoms with Crippen LogP contribution in [0.25, 0.3) is 0 Å². The van der Waals surface area contributed by atoms with Crippen LogP contribution in [0.3, 0.4) is 0 Å². The monoisotopic (exact) mass is 858 g/mol. The number of methoxy groups -OCH3 is 1. The van der Waals surface area contributed by atoms with E-state index in [1.165, 1.54) is 19.1 Å². The van der Waals surface area contributed by atoms with Crippen LogP contribution in [0.5, 0.6) is 0 Å². The molecule has 1 unspecified atom stereocenters. The molecule has 0 aliphatic carbocycles. The van der Waals surface area contributed by atoms with Gasteiger partial charge in [0.1, 0.15) is 13.2 Å². The van der Waals surface area contributed by atoms with E-state index in [0.717, 1.165) is 19.1 Å². The Morgan fingerprint density at radius 2 is 1.34 bits per heavy atom. The SMILES string of the molecule is CNC(=O)[C@@](CCC(=O)OC)(C(=O)[C@H](CC(C)C)NC(=O)OCc1ccccc1)N(C(=O)OCc1ccccc1)C(=O)C(CCCN1C(=O)c2ccccc2C1=O)SC(C)=O. The van der Waals surface area contributed by atoms with Gasteiger partial charge in [0.15, 0.2) is 16.4 Å². The second kappa shape index (κ2) is 22.3. The van der Waals surface area contributed by atoms with Gasteiger partial charge in [-0.3, -0.25) is 38.5 Å². The van der Waals surface area contributed by atoms with Crippen molar-refractivity contribution in [3.05, 3.63) is 107 Å². The summed E-state index contributed by atoms with van der Waals surface area (Å²) in [5, 5.41) is 2.80. The molecular formula is C44H50N4O12S. The number of ether oxygens (including phenoxy) is 3. The zero-order chi connectivity index (χ0) is 44.7. The third kappa shape index (κ3) is 12.1. The number of thioether (sulfide) groups is 1. The van der Waals surface area contributed by atoms with Crippen LogP contribution >= 0.6 is 11.8 Å². The van der Waals surface area contributed by atoms with E-state index < -0.39 is 89.0 Å². The number of Topliss-reactive ketones (excluding diaryl/α,β-unsaturated/α-hetero) is 1. The zero-order valence-electron chi connectivity index (χ0n) is 34.7. The van der Waals surface area contributed by atoms with Gasteiger partial charge in [-0.15, -0.1) is 0 Å². The Kier molecular flexibility index (Phi) is 17.3. The Morgan fingerprint density at radius 3 is 1.85 bits per heavy atom. The molecule has 0 aromatic heterocycles. The molecule has 0 radical (unpaired) electrons. The van der Waals surface area contributed by atoms with Crippen molar-refractivity contribution < 1.29 is 57.4 Å². The molecule has 0 spiro atoms. The number of nitrogens with zero attached hydrogens (tertiary/aromatic N) is 2. The van der Waals surface area contributed by atoms with Gasteiger partial charge in [0.25, 0.3) is 17.7 Å². The second-order valence-corrected chi connectivity index (χ2v) is 15.9. The fourth-order valence-corrected chi connectivity index (χ4v) is 7.73. The summed E-state index contributed by atoms with van der Waals surface area (Å²) in [6.45, 7) is 3.85. The fourth-order valence-electron chi connectivity index (χ4n) is 6.83. The summed E-state index contributed by atoms with van der Waals surface area (Å²) < 4.78 is 15.9. The van der Waals surface area contributed by atoms with Crippen molar-refractivity contribution in [3.8, 4) is 0 Å². The molecule has 4 rings (SSSR count). The lowest BCUT2D eigenvalue weighted by atomic mass is 9.79. The molecule has 3 atom stereocenters. The van der Waals surface area contributed by atoms with Gasteiger partial charge in [-0.25, -0.2) is 14.5 Å². The molecule has 0 fully saturated rings. The van der Waals surface area contributed by atoms with E-state index in [-0.39, 0.29) is 49.5 Å². The normalized spacial score (nSPS) is 13.9. The molecule has 16 nitrogen and oxygen atoms in total. The number of hydrogen-bond acceptors (Lipinski definition) is 13. The Labute approximate surface area is 358 Å². The van der Waals surface area contributed by atoms with Crippen LogP contribution in [0, 0.1) is 5.92 Å². The minimum absolute atomic E-state index is 0.0527. The molecule has 17 heteroatoms. The van der Waals surface area contributed by atoms with Gasteiger partial charge < -0.3 is 24.8 Å². The predicted octanol–water partition coefficient (Wildman–Crippen LogP) is 5.22. The third-order valence-corrected chi connectivity index (χ3v) is 10.8. The molecule has 3 aromatic rings. The summed E-state index contributed by atoms with van der Waals surface area (Å²) in [4.78, 5) is 126. The molecule has 3 aromatic carbocycles. The Hall–Kier alpha value is -6.36. The van der Waals surface area contributed by atoms with Gasteiger partial charge >= 0.3 is 18.2 Å². The smallest absolute Gasteiger partial charge is 0.418 e. The highest BCUT2D eigenvalue weighted by molar-refractivity contribution is 8.14. The van der Waals surface area contributed by atoms with Gasteiger partial charge in [0.05, 0.1) is 29.5 Å². The largest absolute Gasteiger partial charge is 0.469 e. The van der Waals surface area contributed by atoms with Crippen molar-refractivity contribution in [2.75, 3.05) is 20.7 Å². The van der Waals surface area contributed by atoms with E-state index in [0.29, 0.717) is 27.8 Å². The van der Waals surface area contributed by atoms with Crippen molar-refractivity contribution in [3.63, 3.8) is 0 Å². The lowest BCUT2D eigenvalue weighted by molar-refractivity contribution is -0.156. The van der Waals surface area contributed by atoms with Crippen LogP contribution in [0.2, 0.25) is 0 Å². The molecule has 324 valence electrons. The van der Waals surface area contributed by atoms with E-state index in [1.54, 1.807) is 86.6 Å². The highest BCUT2D eigenvalue weighted by Crippen LogP contribution is 2.33. The molecule has 2 N–H and O–H groups in total. The van der Waals surface area contributed by atoms with Gasteiger partial charge in [-0.1, -0.05) is 98.4 Å². The molecule has 0 saturated carbocycles. The lowest BCUT2D eigenvalue weighted by Crippen LogP contribution is -2.71. The molecule has 0 saturated heterocycles. The van der Waals surface area contributed by atoms with Gasteiger partial charge in [-0.2, -0.15) is 0 Å². The predicted molar refractivity (Wildman–Crippen MR) is 223 cm³/mol. The third-order valence-electron chi connectivity index (χ3n) is 9.76. The number of nitrogens with one attached hydrogen (secondary N) is 2. The van der Waals surface area contributed by atoms with Gasteiger partial charge in [-0.05, 0) is 54.9 Å². The Balaban J connectivity index is 1.81. The topological polar surface area (TPSA) is 212 Å². The Morgan fingerprint density at radius 1 is 0.803 bits per heavy atom. The molecule has 0 bridgehead atoms. The number of carbonyl (C=O) groups is 9. The van der Waals surface area contributed by atoms with Gasteiger partial charge in [0.2, 0.25) is 5.91 Å². The quantitative estimate of drug-likeness (QED) is 0.0647. The first-order chi connectivity index (χ1) is 29.1. The summed E-state index contributed by atoms with van der Waals surface area (Å²) in [6, 6.07) is 21.7. The van der Waals surface area contributed by atoms with Crippen LogP contribution in [-0.4, -0.2) is 100 Å². The number of benzene rings is 3. The number of fused-ring (bicyclic) bond motifs is 1. The standard InChI is InChI=1S/C44H50N4O12S/c1-28(2)25-34(46-42(56)59-26-30-15-8-6-9-16-30)37(51)44(41(55)45-4,23-22-36(50)58-5)48(43(57)60-27-31-17-10-7-11-18-31)40(54)35(61-29(3)49)21-14-24-47-38(52)32-19-12-13-20-33(32)39(47)53/h6-13,15-20,28,34-35H,14,21-27H2,1-5H3,(H,45,55)(H,46,56)/t34-,35?,44+/m0/s1. The number of imide groups is 2.